The van der Waals surface area contributed by atoms with Crippen molar-refractivity contribution in [3.05, 3.63) is 204 Å². The highest BCUT2D eigenvalue weighted by Gasteiger charge is 2.35. The topological polar surface area (TPSA) is 6.48 Å². The van der Waals surface area contributed by atoms with Gasteiger partial charge in [0.05, 0.1) is 0 Å². The second kappa shape index (κ2) is 13.1. The third kappa shape index (κ3) is 5.90. The molecule has 7 aromatic carbocycles. The van der Waals surface area contributed by atoms with Crippen LogP contribution in [-0.4, -0.2) is 0 Å². The Balaban J connectivity index is 1.07. The molecule has 0 N–H and O–H groups in total. The number of nitrogens with zero attached hydrogens (tertiary/aromatic N) is 2. The number of rotatable bonds is 8. The molecule has 0 unspecified atom stereocenters. The fourth-order valence-corrected chi connectivity index (χ4v) is 7.24. The van der Waals surface area contributed by atoms with E-state index in [1.165, 1.54) is 27.8 Å². The van der Waals surface area contributed by atoms with E-state index >= 15 is 0 Å². The van der Waals surface area contributed by atoms with Gasteiger partial charge in [-0.3, -0.25) is 0 Å². The number of hydrogen-bond donors (Lipinski definition) is 0. The Labute approximate surface area is 296 Å². The van der Waals surface area contributed by atoms with Gasteiger partial charge in [0.2, 0.25) is 0 Å². The molecule has 0 heterocycles. The van der Waals surface area contributed by atoms with E-state index in [-0.39, 0.29) is 5.41 Å². The summed E-state index contributed by atoms with van der Waals surface area (Å²) in [7, 11) is 0. The molecule has 0 saturated carbocycles. The van der Waals surface area contributed by atoms with Crippen molar-refractivity contribution < 1.29 is 0 Å². The van der Waals surface area contributed by atoms with Gasteiger partial charge in [0.15, 0.2) is 0 Å². The first-order valence-corrected chi connectivity index (χ1v) is 17.4. The van der Waals surface area contributed by atoms with Crippen molar-refractivity contribution in [3.63, 3.8) is 0 Å². The number of fused-ring (bicyclic) bond motifs is 3. The fourth-order valence-electron chi connectivity index (χ4n) is 7.24. The smallest absolute Gasteiger partial charge is 0.0465 e. The molecule has 0 aliphatic heterocycles. The number of aryl methyl sites for hydroxylation is 1. The molecule has 0 bridgehead atoms. The largest absolute Gasteiger partial charge is 0.311 e. The number of anilines is 6. The highest BCUT2D eigenvalue weighted by Crippen LogP contribution is 2.50. The lowest BCUT2D eigenvalue weighted by Gasteiger charge is -2.28. The Morgan fingerprint density at radius 1 is 0.380 bits per heavy atom. The molecule has 1 aliphatic rings. The second-order valence-electron chi connectivity index (χ2n) is 13.6. The lowest BCUT2D eigenvalue weighted by molar-refractivity contribution is 0.660. The van der Waals surface area contributed by atoms with Crippen molar-refractivity contribution in [2.45, 2.75) is 26.2 Å². The van der Waals surface area contributed by atoms with Gasteiger partial charge in [0, 0.05) is 39.5 Å². The summed E-state index contributed by atoms with van der Waals surface area (Å²) in [6.07, 6.45) is 4.38. The van der Waals surface area contributed by atoms with Crippen LogP contribution in [0.4, 0.5) is 34.1 Å². The Kier molecular flexibility index (Phi) is 8.14. The number of benzene rings is 7. The predicted molar refractivity (Wildman–Crippen MR) is 213 cm³/mol. The van der Waals surface area contributed by atoms with Crippen molar-refractivity contribution in [3.8, 4) is 11.1 Å². The van der Waals surface area contributed by atoms with Crippen LogP contribution < -0.4 is 9.80 Å². The van der Waals surface area contributed by atoms with Gasteiger partial charge in [-0.25, -0.2) is 0 Å². The van der Waals surface area contributed by atoms with Crippen molar-refractivity contribution >= 4 is 46.3 Å². The monoisotopic (exact) mass is 644 g/mol. The molecule has 0 amide bonds. The maximum Gasteiger partial charge on any atom is 0.0465 e. The first-order chi connectivity index (χ1) is 24.5. The minimum atomic E-state index is -0.0604. The van der Waals surface area contributed by atoms with Crippen molar-refractivity contribution in [1.29, 1.82) is 0 Å². The first kappa shape index (κ1) is 31.2. The van der Waals surface area contributed by atoms with Gasteiger partial charge in [-0.2, -0.15) is 0 Å². The SMILES string of the molecule is Cc1ccc(N(c2ccc(C=Cc3ccc(N(c4ccccc4)c4ccccc4)cc3)cc2)c2ccc3c(c2)C(C)(C)c2ccccc2-3)cc1. The molecule has 7 aromatic rings. The molecule has 2 heteroatoms. The minimum absolute atomic E-state index is 0.0604. The Morgan fingerprint density at radius 3 is 1.32 bits per heavy atom. The third-order valence-corrected chi connectivity index (χ3v) is 9.92. The van der Waals surface area contributed by atoms with E-state index in [1.54, 1.807) is 0 Å². The van der Waals surface area contributed by atoms with Gasteiger partial charge >= 0.3 is 0 Å². The molecule has 0 fully saturated rings. The fraction of sp³-hybridized carbons (Fsp3) is 0.0833. The molecule has 0 aromatic heterocycles. The Bertz CT molecular complexity index is 2230. The van der Waals surface area contributed by atoms with E-state index in [1.807, 2.05) is 0 Å². The van der Waals surface area contributed by atoms with Crippen LogP contribution in [0.3, 0.4) is 0 Å². The molecular formula is C48H40N2. The molecule has 0 radical (unpaired) electrons. The number of para-hydroxylation sites is 2. The molecule has 50 heavy (non-hydrogen) atoms. The van der Waals surface area contributed by atoms with Gasteiger partial charge < -0.3 is 9.80 Å². The van der Waals surface area contributed by atoms with Crippen molar-refractivity contribution in [1.82, 2.24) is 0 Å². The van der Waals surface area contributed by atoms with Crippen LogP contribution >= 0.6 is 0 Å². The summed E-state index contributed by atoms with van der Waals surface area (Å²) in [6, 6.07) is 63.3. The van der Waals surface area contributed by atoms with Gasteiger partial charge in [0.1, 0.15) is 0 Å². The maximum atomic E-state index is 2.39. The van der Waals surface area contributed by atoms with Crippen LogP contribution in [0.25, 0.3) is 23.3 Å². The molecular weight excluding hydrogens is 605 g/mol. The Morgan fingerprint density at radius 2 is 0.780 bits per heavy atom. The Hall–Kier alpha value is -6.12. The molecule has 1 aliphatic carbocycles. The zero-order valence-electron chi connectivity index (χ0n) is 28.8. The minimum Gasteiger partial charge on any atom is -0.311 e. The highest BCUT2D eigenvalue weighted by atomic mass is 15.1. The van der Waals surface area contributed by atoms with Crippen LogP contribution in [0.1, 0.15) is 41.7 Å². The summed E-state index contributed by atoms with van der Waals surface area (Å²) in [5, 5.41) is 0. The molecule has 0 saturated heterocycles. The second-order valence-corrected chi connectivity index (χ2v) is 13.6. The predicted octanol–water partition coefficient (Wildman–Crippen LogP) is 13.4. The van der Waals surface area contributed by atoms with Crippen LogP contribution in [-0.2, 0) is 5.41 Å². The van der Waals surface area contributed by atoms with E-state index in [4.69, 9.17) is 0 Å². The summed E-state index contributed by atoms with van der Waals surface area (Å²) < 4.78 is 0. The zero-order valence-corrected chi connectivity index (χ0v) is 28.8. The summed E-state index contributed by atoms with van der Waals surface area (Å²) in [6.45, 7) is 6.82. The lowest BCUT2D eigenvalue weighted by atomic mass is 9.82. The standard InChI is InChI=1S/C48H40N2/c1-35-18-26-40(27-19-35)50(43-32-33-45-44-16-10-11-17-46(44)48(2,3)47(45)34-43)42-30-24-37(25-31-42)21-20-36-22-28-41(29-23-36)49(38-12-6-4-7-13-38)39-14-8-5-9-15-39/h4-34H,1-3H3. The van der Waals surface area contributed by atoms with Gasteiger partial charge in [-0.1, -0.05) is 135 Å². The molecule has 0 atom stereocenters. The summed E-state index contributed by atoms with van der Waals surface area (Å²) >= 11 is 0. The summed E-state index contributed by atoms with van der Waals surface area (Å²) in [5.74, 6) is 0. The maximum absolute atomic E-state index is 2.39. The van der Waals surface area contributed by atoms with E-state index < -0.39 is 0 Å². The van der Waals surface area contributed by atoms with E-state index in [0.29, 0.717) is 0 Å². The molecule has 242 valence electrons. The molecule has 2 nitrogen and oxygen atoms in total. The average Bonchev–Trinajstić information content (AvgIpc) is 3.39. The highest BCUT2D eigenvalue weighted by molar-refractivity contribution is 5.86. The van der Waals surface area contributed by atoms with Gasteiger partial charge in [0.25, 0.3) is 0 Å². The molecule has 8 rings (SSSR count). The zero-order chi connectivity index (χ0) is 34.1. The summed E-state index contributed by atoms with van der Waals surface area (Å²) in [5.41, 5.74) is 15.8. The lowest BCUT2D eigenvalue weighted by Crippen LogP contribution is -2.16. The van der Waals surface area contributed by atoms with Crippen molar-refractivity contribution in [2.24, 2.45) is 0 Å². The van der Waals surface area contributed by atoms with Crippen LogP contribution in [0.5, 0.6) is 0 Å². The van der Waals surface area contributed by atoms with Gasteiger partial charge in [-0.15, -0.1) is 0 Å². The summed E-state index contributed by atoms with van der Waals surface area (Å²) in [4.78, 5) is 4.66. The van der Waals surface area contributed by atoms with E-state index in [2.05, 4.69) is 219 Å². The quantitative estimate of drug-likeness (QED) is 0.152. The van der Waals surface area contributed by atoms with E-state index in [0.717, 1.165) is 45.3 Å². The van der Waals surface area contributed by atoms with Gasteiger partial charge in [-0.05, 0) is 113 Å². The van der Waals surface area contributed by atoms with E-state index in [9.17, 15) is 0 Å². The normalized spacial score (nSPS) is 12.8. The number of hydrogen-bond acceptors (Lipinski definition) is 2. The third-order valence-electron chi connectivity index (χ3n) is 9.92. The van der Waals surface area contributed by atoms with Crippen LogP contribution in [0.15, 0.2) is 176 Å². The molecule has 0 spiro atoms. The van der Waals surface area contributed by atoms with Crippen LogP contribution in [0, 0.1) is 6.92 Å². The average molecular weight is 645 g/mol. The van der Waals surface area contributed by atoms with Crippen LogP contribution in [0.2, 0.25) is 0 Å². The van der Waals surface area contributed by atoms with Crippen molar-refractivity contribution in [2.75, 3.05) is 9.80 Å². The first-order valence-electron chi connectivity index (χ1n) is 17.4.